The van der Waals surface area contributed by atoms with E-state index in [4.69, 9.17) is 16.0 Å². The Balaban J connectivity index is 1.50. The molecule has 1 aliphatic heterocycles. The molecule has 0 fully saturated rings. The number of aliphatic hydroxyl groups is 1. The molecule has 39 heavy (non-hydrogen) atoms. The summed E-state index contributed by atoms with van der Waals surface area (Å²) in [5.41, 5.74) is 2.69. The number of carbonyl (C=O) groups excluding carboxylic acids is 2. The van der Waals surface area contributed by atoms with Gasteiger partial charge < -0.3 is 9.52 Å². The number of hydrogen-bond acceptors (Lipinski definition) is 8. The van der Waals surface area contributed by atoms with E-state index in [1.807, 2.05) is 48.5 Å². The molecule has 3 heterocycles. The third-order valence-electron chi connectivity index (χ3n) is 6.39. The van der Waals surface area contributed by atoms with Gasteiger partial charge in [0.2, 0.25) is 10.9 Å². The molecule has 1 amide bonds. The van der Waals surface area contributed by atoms with Gasteiger partial charge in [0.25, 0.3) is 5.91 Å². The van der Waals surface area contributed by atoms with Crippen LogP contribution in [0.25, 0.3) is 0 Å². The van der Waals surface area contributed by atoms with E-state index in [0.717, 1.165) is 11.1 Å². The van der Waals surface area contributed by atoms with E-state index in [2.05, 4.69) is 31.0 Å². The summed E-state index contributed by atoms with van der Waals surface area (Å²) in [6, 6.07) is 17.5. The molecule has 1 aliphatic rings. The van der Waals surface area contributed by atoms with Gasteiger partial charge in [-0.15, -0.1) is 10.2 Å². The first-order valence-corrected chi connectivity index (χ1v) is 14.4. The highest BCUT2D eigenvalue weighted by Crippen LogP contribution is 2.44. The number of benzene rings is 2. The summed E-state index contributed by atoms with van der Waals surface area (Å²) < 4.78 is 6.20. The quantitative estimate of drug-likeness (QED) is 0.138. The van der Waals surface area contributed by atoms with Gasteiger partial charge in [0.05, 0.1) is 11.6 Å². The summed E-state index contributed by atoms with van der Waals surface area (Å²) in [5.74, 6) is -0.638. The lowest BCUT2D eigenvalue weighted by Gasteiger charge is -2.25. The van der Waals surface area contributed by atoms with Crippen molar-refractivity contribution in [2.75, 3.05) is 4.90 Å². The van der Waals surface area contributed by atoms with Crippen LogP contribution in [0.5, 0.6) is 0 Å². The second-order valence-electron chi connectivity index (χ2n) is 10.2. The van der Waals surface area contributed by atoms with Crippen LogP contribution in [-0.4, -0.2) is 27.0 Å². The maximum Gasteiger partial charge on any atom is 0.296 e. The van der Waals surface area contributed by atoms with Crippen molar-refractivity contribution in [3.8, 4) is 0 Å². The number of furan rings is 1. The molecular weight excluding hydrogens is 554 g/mol. The largest absolute Gasteiger partial charge is 0.503 e. The molecule has 200 valence electrons. The Labute approximate surface area is 239 Å². The standard InChI is InChI=1S/C29H26ClN3O4S2/c1-16-5-14-21(37-16)24(34)22-23(18-8-10-19(11-9-18)29(2,3)4)33(26(36)25(22)35)27-31-32-28(39-27)38-15-17-6-12-20(30)13-7-17/h5-14,23,35H,15H2,1-4H3. The molecule has 1 unspecified atom stereocenters. The molecule has 1 atom stereocenters. The summed E-state index contributed by atoms with van der Waals surface area (Å²) in [5, 5.41) is 20.5. The number of carbonyl (C=O) groups is 2. The Morgan fingerprint density at radius 2 is 1.77 bits per heavy atom. The molecule has 0 aliphatic carbocycles. The zero-order chi connectivity index (χ0) is 27.9. The summed E-state index contributed by atoms with van der Waals surface area (Å²) in [7, 11) is 0. The van der Waals surface area contributed by atoms with E-state index in [1.165, 1.54) is 28.0 Å². The summed E-state index contributed by atoms with van der Waals surface area (Å²) in [4.78, 5) is 28.3. The fourth-order valence-electron chi connectivity index (χ4n) is 4.29. The fraction of sp³-hybridized carbons (Fsp3) is 0.241. The zero-order valence-electron chi connectivity index (χ0n) is 21.8. The Morgan fingerprint density at radius 1 is 1.08 bits per heavy atom. The van der Waals surface area contributed by atoms with E-state index in [1.54, 1.807) is 19.1 Å². The van der Waals surface area contributed by atoms with Crippen LogP contribution < -0.4 is 4.90 Å². The summed E-state index contributed by atoms with van der Waals surface area (Å²) in [6.45, 7) is 8.05. The van der Waals surface area contributed by atoms with Gasteiger partial charge in [-0.25, -0.2) is 0 Å². The second kappa shape index (κ2) is 10.6. The van der Waals surface area contributed by atoms with Crippen molar-refractivity contribution in [3.63, 3.8) is 0 Å². The molecule has 0 spiro atoms. The van der Waals surface area contributed by atoms with Crippen LogP contribution in [-0.2, 0) is 16.0 Å². The van der Waals surface area contributed by atoms with Crippen molar-refractivity contribution in [2.45, 2.75) is 49.2 Å². The van der Waals surface area contributed by atoms with Crippen molar-refractivity contribution < 1.29 is 19.1 Å². The number of ketones is 1. The first-order valence-electron chi connectivity index (χ1n) is 12.2. The Bertz CT molecular complexity index is 1570. The second-order valence-corrected chi connectivity index (χ2v) is 12.8. The smallest absolute Gasteiger partial charge is 0.296 e. The van der Waals surface area contributed by atoms with Gasteiger partial charge in [0.15, 0.2) is 15.9 Å². The maximum atomic E-state index is 13.6. The number of nitrogens with zero attached hydrogens (tertiary/aromatic N) is 3. The van der Waals surface area contributed by atoms with Crippen molar-refractivity contribution in [1.82, 2.24) is 10.2 Å². The van der Waals surface area contributed by atoms with Gasteiger partial charge in [-0.3, -0.25) is 14.5 Å². The first-order chi connectivity index (χ1) is 18.5. The minimum absolute atomic E-state index is 0.0523. The van der Waals surface area contributed by atoms with Gasteiger partial charge in [-0.1, -0.05) is 91.9 Å². The number of Topliss-reactive ketones (excluding diaryl/α,β-unsaturated/α-hetero) is 1. The Morgan fingerprint density at radius 3 is 2.38 bits per heavy atom. The average molecular weight is 580 g/mol. The number of aliphatic hydroxyl groups excluding tert-OH is 1. The average Bonchev–Trinajstić information content (AvgIpc) is 3.61. The molecule has 2 aromatic carbocycles. The van der Waals surface area contributed by atoms with Crippen LogP contribution in [0.2, 0.25) is 5.02 Å². The van der Waals surface area contributed by atoms with Crippen molar-refractivity contribution in [3.05, 3.63) is 105 Å². The SMILES string of the molecule is Cc1ccc(C(=O)C2=C(O)C(=O)N(c3nnc(SCc4ccc(Cl)cc4)s3)C2c2ccc(C(C)(C)C)cc2)o1. The van der Waals surface area contributed by atoms with Crippen LogP contribution in [0, 0.1) is 6.92 Å². The molecule has 5 rings (SSSR count). The lowest BCUT2D eigenvalue weighted by Crippen LogP contribution is -2.31. The normalized spacial score (nSPS) is 15.9. The number of anilines is 1. The van der Waals surface area contributed by atoms with Crippen LogP contribution in [0.15, 0.2) is 80.8 Å². The molecule has 0 saturated heterocycles. The predicted octanol–water partition coefficient (Wildman–Crippen LogP) is 7.47. The number of aryl methyl sites for hydroxylation is 1. The topological polar surface area (TPSA) is 96.5 Å². The van der Waals surface area contributed by atoms with Gasteiger partial charge >= 0.3 is 0 Å². The number of halogens is 1. The number of aromatic nitrogens is 2. The Hall–Kier alpha value is -3.40. The monoisotopic (exact) mass is 579 g/mol. The van der Waals surface area contributed by atoms with Crippen molar-refractivity contribution in [1.29, 1.82) is 0 Å². The lowest BCUT2D eigenvalue weighted by molar-refractivity contribution is -0.117. The zero-order valence-corrected chi connectivity index (χ0v) is 24.2. The lowest BCUT2D eigenvalue weighted by atomic mass is 9.85. The first kappa shape index (κ1) is 27.2. The van der Waals surface area contributed by atoms with E-state index in [0.29, 0.717) is 26.4 Å². The fourth-order valence-corrected chi connectivity index (χ4v) is 6.24. The molecule has 0 bridgehead atoms. The van der Waals surface area contributed by atoms with Crippen molar-refractivity contribution in [2.24, 2.45) is 0 Å². The molecule has 1 N–H and O–H groups in total. The molecule has 7 nitrogen and oxygen atoms in total. The van der Waals surface area contributed by atoms with Gasteiger partial charge in [0.1, 0.15) is 5.76 Å². The summed E-state index contributed by atoms with van der Waals surface area (Å²) in [6.07, 6.45) is 0. The molecule has 10 heteroatoms. The number of hydrogen-bond donors (Lipinski definition) is 1. The maximum absolute atomic E-state index is 13.6. The molecule has 0 radical (unpaired) electrons. The summed E-state index contributed by atoms with van der Waals surface area (Å²) >= 11 is 8.68. The van der Waals surface area contributed by atoms with Gasteiger partial charge in [-0.2, -0.15) is 0 Å². The highest BCUT2D eigenvalue weighted by atomic mass is 35.5. The molecular formula is C29H26ClN3O4S2. The van der Waals surface area contributed by atoms with Crippen molar-refractivity contribution >= 4 is 51.5 Å². The highest BCUT2D eigenvalue weighted by Gasteiger charge is 2.46. The number of thioether (sulfide) groups is 1. The Kier molecular flexibility index (Phi) is 7.41. The third kappa shape index (κ3) is 5.52. The predicted molar refractivity (Wildman–Crippen MR) is 154 cm³/mol. The number of amides is 1. The van der Waals surface area contributed by atoms with E-state index in [9.17, 15) is 14.7 Å². The minimum atomic E-state index is -0.897. The molecule has 4 aromatic rings. The van der Waals surface area contributed by atoms with E-state index < -0.39 is 23.5 Å². The van der Waals surface area contributed by atoms with Crippen LogP contribution in [0.4, 0.5) is 5.13 Å². The molecule has 0 saturated carbocycles. The molecule has 2 aromatic heterocycles. The van der Waals surface area contributed by atoms with E-state index >= 15 is 0 Å². The van der Waals surface area contributed by atoms with Crippen LogP contribution >= 0.6 is 34.7 Å². The van der Waals surface area contributed by atoms with Gasteiger partial charge in [-0.05, 0) is 53.3 Å². The van der Waals surface area contributed by atoms with Crippen LogP contribution in [0.3, 0.4) is 0 Å². The van der Waals surface area contributed by atoms with Crippen LogP contribution in [0.1, 0.15) is 59.8 Å². The third-order valence-corrected chi connectivity index (χ3v) is 8.77. The number of rotatable bonds is 7. The minimum Gasteiger partial charge on any atom is -0.503 e. The van der Waals surface area contributed by atoms with E-state index in [-0.39, 0.29) is 21.9 Å². The highest BCUT2D eigenvalue weighted by molar-refractivity contribution is 8.00. The van der Waals surface area contributed by atoms with Gasteiger partial charge in [0, 0.05) is 10.8 Å².